The summed E-state index contributed by atoms with van der Waals surface area (Å²) in [5.41, 5.74) is 0.612. The Hall–Kier alpha value is -0.930. The summed E-state index contributed by atoms with van der Waals surface area (Å²) in [5.74, 6) is -0.201. The standard InChI is InChI=1S/C12H18FNO/c1-3-14-8-10(2)15-9-11-6-4-5-7-12(11)13/h4-7,10,14H,3,8-9H2,1-2H3. The molecular weight excluding hydrogens is 193 g/mol. The van der Waals surface area contributed by atoms with Gasteiger partial charge in [0.2, 0.25) is 0 Å². The maximum atomic E-state index is 13.2. The molecule has 0 aliphatic rings. The van der Waals surface area contributed by atoms with E-state index in [2.05, 4.69) is 5.32 Å². The number of ether oxygens (including phenoxy) is 1. The highest BCUT2D eigenvalue weighted by atomic mass is 19.1. The first-order chi connectivity index (χ1) is 7.24. The van der Waals surface area contributed by atoms with Crippen LogP contribution in [0.25, 0.3) is 0 Å². The van der Waals surface area contributed by atoms with Gasteiger partial charge in [-0.2, -0.15) is 0 Å². The molecule has 84 valence electrons. The number of rotatable bonds is 6. The van der Waals surface area contributed by atoms with Gasteiger partial charge in [0.25, 0.3) is 0 Å². The van der Waals surface area contributed by atoms with E-state index in [4.69, 9.17) is 4.74 Å². The normalized spacial score (nSPS) is 12.7. The van der Waals surface area contributed by atoms with Crippen LogP contribution in [0.4, 0.5) is 4.39 Å². The van der Waals surface area contributed by atoms with Crippen LogP contribution in [-0.2, 0) is 11.3 Å². The molecule has 15 heavy (non-hydrogen) atoms. The molecule has 0 amide bonds. The summed E-state index contributed by atoms with van der Waals surface area (Å²) >= 11 is 0. The van der Waals surface area contributed by atoms with Crippen LogP contribution in [0, 0.1) is 5.82 Å². The Kier molecular flexibility index (Phi) is 5.29. The van der Waals surface area contributed by atoms with Gasteiger partial charge in [0, 0.05) is 12.1 Å². The molecule has 1 unspecified atom stereocenters. The van der Waals surface area contributed by atoms with Crippen molar-refractivity contribution in [3.8, 4) is 0 Å². The predicted octanol–water partition coefficient (Wildman–Crippen LogP) is 2.34. The largest absolute Gasteiger partial charge is 0.372 e. The van der Waals surface area contributed by atoms with Gasteiger partial charge < -0.3 is 10.1 Å². The first-order valence-corrected chi connectivity index (χ1v) is 5.29. The van der Waals surface area contributed by atoms with Crippen LogP contribution in [0.15, 0.2) is 24.3 Å². The molecule has 1 atom stereocenters. The highest BCUT2D eigenvalue weighted by Gasteiger charge is 2.04. The van der Waals surface area contributed by atoms with Gasteiger partial charge in [0.05, 0.1) is 12.7 Å². The van der Waals surface area contributed by atoms with Gasteiger partial charge >= 0.3 is 0 Å². The van der Waals surface area contributed by atoms with Gasteiger partial charge in [-0.15, -0.1) is 0 Å². The summed E-state index contributed by atoms with van der Waals surface area (Å²) < 4.78 is 18.7. The first-order valence-electron chi connectivity index (χ1n) is 5.29. The van der Waals surface area contributed by atoms with Gasteiger partial charge in [0.1, 0.15) is 5.82 Å². The number of halogens is 1. The smallest absolute Gasteiger partial charge is 0.128 e. The van der Waals surface area contributed by atoms with Crippen molar-refractivity contribution in [1.29, 1.82) is 0 Å². The Labute approximate surface area is 90.4 Å². The lowest BCUT2D eigenvalue weighted by molar-refractivity contribution is 0.0519. The zero-order valence-electron chi connectivity index (χ0n) is 9.29. The SMILES string of the molecule is CCNCC(C)OCc1ccccc1F. The van der Waals surface area contributed by atoms with Crippen molar-refractivity contribution in [2.75, 3.05) is 13.1 Å². The van der Waals surface area contributed by atoms with Gasteiger partial charge in [-0.05, 0) is 19.5 Å². The Morgan fingerprint density at radius 2 is 2.13 bits per heavy atom. The molecule has 0 radical (unpaired) electrons. The van der Waals surface area contributed by atoms with E-state index in [1.165, 1.54) is 6.07 Å². The third kappa shape index (κ3) is 4.40. The van der Waals surface area contributed by atoms with Crippen LogP contribution < -0.4 is 5.32 Å². The van der Waals surface area contributed by atoms with Crippen molar-refractivity contribution in [1.82, 2.24) is 5.32 Å². The predicted molar refractivity (Wildman–Crippen MR) is 59.2 cm³/mol. The van der Waals surface area contributed by atoms with E-state index in [-0.39, 0.29) is 11.9 Å². The number of hydrogen-bond donors (Lipinski definition) is 1. The van der Waals surface area contributed by atoms with Crippen LogP contribution in [0.1, 0.15) is 19.4 Å². The van der Waals surface area contributed by atoms with E-state index in [1.54, 1.807) is 12.1 Å². The third-order valence-corrected chi connectivity index (χ3v) is 2.16. The second kappa shape index (κ2) is 6.53. The van der Waals surface area contributed by atoms with E-state index in [1.807, 2.05) is 19.9 Å². The molecule has 0 heterocycles. The number of benzene rings is 1. The molecule has 0 aliphatic heterocycles. The molecule has 1 N–H and O–H groups in total. The molecule has 1 rings (SSSR count). The van der Waals surface area contributed by atoms with Gasteiger partial charge in [-0.3, -0.25) is 0 Å². The van der Waals surface area contributed by atoms with Crippen molar-refractivity contribution in [2.24, 2.45) is 0 Å². The number of hydrogen-bond acceptors (Lipinski definition) is 2. The number of likely N-dealkylation sites (N-methyl/N-ethyl adjacent to an activating group) is 1. The molecule has 2 nitrogen and oxygen atoms in total. The molecule has 3 heteroatoms. The summed E-state index contributed by atoms with van der Waals surface area (Å²) in [6.45, 7) is 6.07. The van der Waals surface area contributed by atoms with Gasteiger partial charge in [0.15, 0.2) is 0 Å². The fourth-order valence-corrected chi connectivity index (χ4v) is 1.25. The summed E-state index contributed by atoms with van der Waals surface area (Å²) in [6.07, 6.45) is 0.101. The summed E-state index contributed by atoms with van der Waals surface area (Å²) in [5, 5.41) is 3.18. The minimum atomic E-state index is -0.201. The minimum absolute atomic E-state index is 0.101. The Bertz CT molecular complexity index is 291. The van der Waals surface area contributed by atoms with Gasteiger partial charge in [-0.25, -0.2) is 4.39 Å². The molecule has 0 spiro atoms. The Balaban J connectivity index is 2.33. The van der Waals surface area contributed by atoms with E-state index < -0.39 is 0 Å². The molecule has 0 saturated heterocycles. The molecule has 1 aromatic carbocycles. The topological polar surface area (TPSA) is 21.3 Å². The lowest BCUT2D eigenvalue weighted by Crippen LogP contribution is -2.26. The second-order valence-electron chi connectivity index (χ2n) is 3.52. The summed E-state index contributed by atoms with van der Waals surface area (Å²) in [6, 6.07) is 6.70. The number of nitrogens with one attached hydrogen (secondary N) is 1. The van der Waals surface area contributed by atoms with Crippen molar-refractivity contribution < 1.29 is 9.13 Å². The molecular formula is C12H18FNO. The van der Waals surface area contributed by atoms with Crippen LogP contribution in [0.5, 0.6) is 0 Å². The third-order valence-electron chi connectivity index (χ3n) is 2.16. The fraction of sp³-hybridized carbons (Fsp3) is 0.500. The summed E-state index contributed by atoms with van der Waals surface area (Å²) in [7, 11) is 0. The highest BCUT2D eigenvalue weighted by Crippen LogP contribution is 2.08. The van der Waals surface area contributed by atoms with Crippen molar-refractivity contribution in [3.05, 3.63) is 35.6 Å². The van der Waals surface area contributed by atoms with Crippen molar-refractivity contribution >= 4 is 0 Å². The Morgan fingerprint density at radius 3 is 2.80 bits per heavy atom. The van der Waals surface area contributed by atoms with Crippen LogP contribution in [-0.4, -0.2) is 19.2 Å². The lowest BCUT2D eigenvalue weighted by Gasteiger charge is -2.13. The van der Waals surface area contributed by atoms with Crippen LogP contribution in [0.2, 0.25) is 0 Å². The zero-order valence-corrected chi connectivity index (χ0v) is 9.29. The monoisotopic (exact) mass is 211 g/mol. The highest BCUT2D eigenvalue weighted by molar-refractivity contribution is 5.16. The van der Waals surface area contributed by atoms with E-state index >= 15 is 0 Å². The quantitative estimate of drug-likeness (QED) is 0.779. The fourth-order valence-electron chi connectivity index (χ4n) is 1.25. The van der Waals surface area contributed by atoms with Crippen LogP contribution in [0.3, 0.4) is 0 Å². The molecule has 1 aromatic rings. The van der Waals surface area contributed by atoms with E-state index in [9.17, 15) is 4.39 Å². The minimum Gasteiger partial charge on any atom is -0.372 e. The molecule has 0 fully saturated rings. The van der Waals surface area contributed by atoms with Crippen molar-refractivity contribution in [2.45, 2.75) is 26.6 Å². The molecule has 0 bridgehead atoms. The summed E-state index contributed by atoms with van der Waals surface area (Å²) in [4.78, 5) is 0. The maximum Gasteiger partial charge on any atom is 0.128 e. The maximum absolute atomic E-state index is 13.2. The molecule has 0 aliphatic carbocycles. The second-order valence-corrected chi connectivity index (χ2v) is 3.52. The van der Waals surface area contributed by atoms with E-state index in [0.29, 0.717) is 12.2 Å². The molecule has 0 saturated carbocycles. The molecule has 0 aromatic heterocycles. The Morgan fingerprint density at radius 1 is 1.40 bits per heavy atom. The zero-order chi connectivity index (χ0) is 11.1. The first kappa shape index (κ1) is 12.1. The van der Waals surface area contributed by atoms with Gasteiger partial charge in [-0.1, -0.05) is 25.1 Å². The van der Waals surface area contributed by atoms with Crippen molar-refractivity contribution in [3.63, 3.8) is 0 Å². The van der Waals surface area contributed by atoms with Crippen LogP contribution >= 0.6 is 0 Å². The lowest BCUT2D eigenvalue weighted by atomic mass is 10.2. The average Bonchev–Trinajstić information content (AvgIpc) is 2.25. The van der Waals surface area contributed by atoms with E-state index in [0.717, 1.165) is 13.1 Å². The average molecular weight is 211 g/mol.